The second kappa shape index (κ2) is 6.15. The first kappa shape index (κ1) is 16.6. The van der Waals surface area contributed by atoms with E-state index in [9.17, 15) is 14.4 Å². The van der Waals surface area contributed by atoms with Crippen LogP contribution in [0.3, 0.4) is 0 Å². The van der Waals surface area contributed by atoms with Gasteiger partial charge in [0.1, 0.15) is 5.92 Å². The lowest BCUT2D eigenvalue weighted by atomic mass is 9.72. The first-order valence-electron chi connectivity index (χ1n) is 7.89. The van der Waals surface area contributed by atoms with Gasteiger partial charge in [-0.05, 0) is 43.4 Å². The molecule has 1 saturated carbocycles. The quantitative estimate of drug-likeness (QED) is 0.803. The second-order valence-corrected chi connectivity index (χ2v) is 6.84. The molecule has 0 atom stereocenters. The predicted octanol–water partition coefficient (Wildman–Crippen LogP) is 3.47. The summed E-state index contributed by atoms with van der Waals surface area (Å²) in [4.78, 5) is 36.9. The minimum absolute atomic E-state index is 0.0863. The number of ketones is 3. The maximum atomic E-state index is 12.4. The molecule has 1 aliphatic rings. The van der Waals surface area contributed by atoms with E-state index in [-0.39, 0.29) is 29.2 Å². The monoisotopic (exact) mass is 300 g/mol. The highest BCUT2D eigenvalue weighted by molar-refractivity contribution is 6.21. The smallest absolute Gasteiger partial charge is 0.153 e. The van der Waals surface area contributed by atoms with Crippen molar-refractivity contribution in [2.75, 3.05) is 0 Å². The molecule has 1 aromatic rings. The highest BCUT2D eigenvalue weighted by Gasteiger charge is 2.41. The Morgan fingerprint density at radius 3 is 1.86 bits per heavy atom. The summed E-state index contributed by atoms with van der Waals surface area (Å²) < 4.78 is 0. The topological polar surface area (TPSA) is 51.2 Å². The molecule has 1 aliphatic carbocycles. The normalized spacial score (nSPS) is 22.3. The highest BCUT2D eigenvalue weighted by atomic mass is 16.2. The van der Waals surface area contributed by atoms with Crippen molar-refractivity contribution in [2.24, 2.45) is 11.8 Å². The van der Waals surface area contributed by atoms with Crippen LogP contribution < -0.4 is 0 Å². The number of carbonyl (C=O) groups excluding carboxylic acids is 3. The van der Waals surface area contributed by atoms with E-state index >= 15 is 0 Å². The molecule has 2 rings (SSSR count). The fourth-order valence-corrected chi connectivity index (χ4v) is 3.66. The molecular weight excluding hydrogens is 276 g/mol. The van der Waals surface area contributed by atoms with Crippen LogP contribution in [0.25, 0.3) is 0 Å². The van der Waals surface area contributed by atoms with Crippen molar-refractivity contribution in [3.05, 3.63) is 34.4 Å². The van der Waals surface area contributed by atoms with E-state index in [1.807, 2.05) is 20.8 Å². The summed E-state index contributed by atoms with van der Waals surface area (Å²) in [5.74, 6) is -2.04. The Bertz CT molecular complexity index is 599. The Kier molecular flexibility index (Phi) is 4.64. The molecule has 118 valence electrons. The minimum Gasteiger partial charge on any atom is -0.298 e. The van der Waals surface area contributed by atoms with Gasteiger partial charge < -0.3 is 0 Å². The zero-order valence-corrected chi connectivity index (χ0v) is 14.0. The molecule has 0 amide bonds. The molecule has 0 unspecified atom stereocenters. The maximum absolute atomic E-state index is 12.4. The standard InChI is InChI=1S/C19H24O3/c1-10(2)19(22)18-15(20)8-14(9-16(18)21)17-12(4)6-11(3)7-13(17)5/h6-7,10,14,18H,8-9H2,1-5H3. The Morgan fingerprint density at radius 1 is 1.00 bits per heavy atom. The van der Waals surface area contributed by atoms with Gasteiger partial charge in [-0.3, -0.25) is 14.4 Å². The van der Waals surface area contributed by atoms with Crippen molar-refractivity contribution in [1.29, 1.82) is 0 Å². The lowest BCUT2D eigenvalue weighted by Crippen LogP contribution is -2.40. The summed E-state index contributed by atoms with van der Waals surface area (Å²) in [7, 11) is 0. The fraction of sp³-hybridized carbons (Fsp3) is 0.526. The number of hydrogen-bond donors (Lipinski definition) is 0. The van der Waals surface area contributed by atoms with Gasteiger partial charge in [0, 0.05) is 18.8 Å². The van der Waals surface area contributed by atoms with Crippen molar-refractivity contribution < 1.29 is 14.4 Å². The molecule has 0 N–H and O–H groups in total. The average Bonchev–Trinajstić information content (AvgIpc) is 2.36. The van der Waals surface area contributed by atoms with Gasteiger partial charge >= 0.3 is 0 Å². The largest absolute Gasteiger partial charge is 0.298 e. The second-order valence-electron chi connectivity index (χ2n) is 6.84. The van der Waals surface area contributed by atoms with Crippen LogP contribution in [-0.2, 0) is 14.4 Å². The lowest BCUT2D eigenvalue weighted by Gasteiger charge is -2.29. The van der Waals surface area contributed by atoms with Gasteiger partial charge in [0.2, 0.25) is 0 Å². The molecule has 0 saturated heterocycles. The molecular formula is C19H24O3. The Balaban J connectivity index is 2.31. The van der Waals surface area contributed by atoms with Gasteiger partial charge in [0.05, 0.1) is 0 Å². The number of hydrogen-bond acceptors (Lipinski definition) is 3. The van der Waals surface area contributed by atoms with Crippen molar-refractivity contribution >= 4 is 17.3 Å². The number of carbonyl (C=O) groups is 3. The Labute approximate surface area is 132 Å². The SMILES string of the molecule is Cc1cc(C)c(C2CC(=O)C(C(=O)C(C)C)C(=O)C2)c(C)c1. The third kappa shape index (κ3) is 3.03. The molecule has 0 heterocycles. The fourth-order valence-electron chi connectivity index (χ4n) is 3.66. The van der Waals surface area contributed by atoms with Gasteiger partial charge in [-0.2, -0.15) is 0 Å². The molecule has 0 spiro atoms. The van der Waals surface area contributed by atoms with Crippen LogP contribution in [0.15, 0.2) is 12.1 Å². The van der Waals surface area contributed by atoms with Crippen LogP contribution in [-0.4, -0.2) is 17.3 Å². The summed E-state index contributed by atoms with van der Waals surface area (Å²) in [6.45, 7) is 9.57. The third-order valence-electron chi connectivity index (χ3n) is 4.54. The van der Waals surface area contributed by atoms with Crippen molar-refractivity contribution in [2.45, 2.75) is 53.4 Å². The molecule has 0 aliphatic heterocycles. The Hall–Kier alpha value is -1.77. The van der Waals surface area contributed by atoms with Crippen LogP contribution in [0.4, 0.5) is 0 Å². The van der Waals surface area contributed by atoms with Crippen LogP contribution in [0.1, 0.15) is 54.9 Å². The summed E-state index contributed by atoms with van der Waals surface area (Å²) in [6.07, 6.45) is 0.583. The summed E-state index contributed by atoms with van der Waals surface area (Å²) in [5.41, 5.74) is 4.52. The van der Waals surface area contributed by atoms with Crippen molar-refractivity contribution in [3.8, 4) is 0 Å². The molecule has 3 nitrogen and oxygen atoms in total. The third-order valence-corrected chi connectivity index (χ3v) is 4.54. The summed E-state index contributed by atoms with van der Waals surface area (Å²) in [6, 6.07) is 4.17. The average molecular weight is 300 g/mol. The van der Waals surface area contributed by atoms with Gasteiger partial charge in [-0.15, -0.1) is 0 Å². The number of rotatable bonds is 3. The van der Waals surface area contributed by atoms with E-state index in [0.717, 1.165) is 16.7 Å². The molecule has 22 heavy (non-hydrogen) atoms. The number of benzene rings is 1. The van der Waals surface area contributed by atoms with E-state index in [1.165, 1.54) is 5.56 Å². The maximum Gasteiger partial charge on any atom is 0.153 e. The molecule has 1 aromatic carbocycles. The number of aryl methyl sites for hydroxylation is 3. The zero-order valence-electron chi connectivity index (χ0n) is 14.0. The van der Waals surface area contributed by atoms with E-state index in [2.05, 4.69) is 12.1 Å². The van der Waals surface area contributed by atoms with Crippen LogP contribution in [0.5, 0.6) is 0 Å². The van der Waals surface area contributed by atoms with E-state index in [4.69, 9.17) is 0 Å². The van der Waals surface area contributed by atoms with Crippen molar-refractivity contribution in [1.82, 2.24) is 0 Å². The summed E-state index contributed by atoms with van der Waals surface area (Å²) >= 11 is 0. The minimum atomic E-state index is -1.03. The first-order valence-corrected chi connectivity index (χ1v) is 7.89. The molecule has 3 heteroatoms. The van der Waals surface area contributed by atoms with Gasteiger partial charge in [-0.25, -0.2) is 0 Å². The van der Waals surface area contributed by atoms with Crippen molar-refractivity contribution in [3.63, 3.8) is 0 Å². The van der Waals surface area contributed by atoms with E-state index in [0.29, 0.717) is 12.8 Å². The van der Waals surface area contributed by atoms with Gasteiger partial charge in [0.15, 0.2) is 17.3 Å². The van der Waals surface area contributed by atoms with Gasteiger partial charge in [-0.1, -0.05) is 31.5 Å². The van der Waals surface area contributed by atoms with Crippen LogP contribution >= 0.6 is 0 Å². The molecule has 1 fully saturated rings. The molecule has 0 bridgehead atoms. The highest BCUT2D eigenvalue weighted by Crippen LogP contribution is 2.36. The Morgan fingerprint density at radius 2 is 1.45 bits per heavy atom. The number of Topliss-reactive ketones (excluding diaryl/α,β-unsaturated/α-hetero) is 3. The van der Waals surface area contributed by atoms with Gasteiger partial charge in [0.25, 0.3) is 0 Å². The first-order chi connectivity index (χ1) is 10.2. The van der Waals surface area contributed by atoms with E-state index < -0.39 is 5.92 Å². The van der Waals surface area contributed by atoms with E-state index in [1.54, 1.807) is 13.8 Å². The predicted molar refractivity (Wildman–Crippen MR) is 86.0 cm³/mol. The van der Waals surface area contributed by atoms with Crippen LogP contribution in [0.2, 0.25) is 0 Å². The van der Waals surface area contributed by atoms with Crippen LogP contribution in [0, 0.1) is 32.6 Å². The summed E-state index contributed by atoms with van der Waals surface area (Å²) in [5, 5.41) is 0. The molecule has 0 aromatic heterocycles. The molecule has 0 radical (unpaired) electrons. The zero-order chi connectivity index (χ0) is 16.6. The lowest BCUT2D eigenvalue weighted by molar-refractivity contribution is -0.143.